The van der Waals surface area contributed by atoms with Crippen LogP contribution in [-0.4, -0.2) is 59.9 Å². The smallest absolute Gasteiger partial charge is 0.257 e. The first-order valence-corrected chi connectivity index (χ1v) is 12.8. The number of likely N-dealkylation sites (N-methyl/N-ethyl adjacent to an activating group) is 1. The molecular weight excluding hydrogens is 517 g/mol. The molecule has 0 bridgehead atoms. The Morgan fingerprint density at radius 3 is 2.36 bits per heavy atom. The summed E-state index contributed by atoms with van der Waals surface area (Å²) < 4.78 is 71.6. The summed E-state index contributed by atoms with van der Waals surface area (Å²) in [5.74, 6) is -5.91. The van der Waals surface area contributed by atoms with E-state index in [1.165, 1.54) is 18.5 Å². The van der Waals surface area contributed by atoms with E-state index in [1.807, 2.05) is 7.05 Å². The molecule has 1 aliphatic heterocycles. The van der Waals surface area contributed by atoms with Crippen molar-refractivity contribution in [3.05, 3.63) is 71.4 Å². The molecule has 39 heavy (non-hydrogen) atoms. The number of aromatic nitrogens is 2. The number of carbonyl (C=O) groups is 1. The predicted octanol–water partition coefficient (Wildman–Crippen LogP) is 5.86. The Bertz CT molecular complexity index is 1370. The maximum atomic E-state index is 15.0. The average molecular weight is 546 g/mol. The first-order valence-electron chi connectivity index (χ1n) is 12.8. The molecule has 1 amide bonds. The zero-order chi connectivity index (χ0) is 27.7. The number of amides is 1. The highest BCUT2D eigenvalue weighted by Crippen LogP contribution is 2.44. The third-order valence-corrected chi connectivity index (χ3v) is 7.43. The number of nitrogens with zero attached hydrogens (tertiary/aromatic N) is 4. The van der Waals surface area contributed by atoms with Gasteiger partial charge in [0.2, 0.25) is 5.92 Å². The second-order valence-electron chi connectivity index (χ2n) is 10.1. The van der Waals surface area contributed by atoms with Gasteiger partial charge in [0.25, 0.3) is 5.91 Å². The highest BCUT2D eigenvalue weighted by atomic mass is 19.3. The molecular formula is C28H28F5N5O. The highest BCUT2D eigenvalue weighted by molar-refractivity contribution is 6.06. The molecule has 1 aliphatic carbocycles. The van der Waals surface area contributed by atoms with Crippen molar-refractivity contribution in [3.63, 3.8) is 0 Å². The summed E-state index contributed by atoms with van der Waals surface area (Å²) in [6, 6.07) is 5.43. The van der Waals surface area contributed by atoms with E-state index >= 15 is 4.39 Å². The van der Waals surface area contributed by atoms with E-state index in [2.05, 4.69) is 20.2 Å². The summed E-state index contributed by atoms with van der Waals surface area (Å²) in [5.41, 5.74) is 0.310. The van der Waals surface area contributed by atoms with Crippen molar-refractivity contribution in [1.82, 2.24) is 14.9 Å². The quantitative estimate of drug-likeness (QED) is 0.407. The van der Waals surface area contributed by atoms with Gasteiger partial charge in [-0.05, 0) is 50.2 Å². The van der Waals surface area contributed by atoms with Crippen LogP contribution in [0, 0.1) is 17.5 Å². The largest absolute Gasteiger partial charge is 0.352 e. The molecule has 0 radical (unpaired) electrons. The van der Waals surface area contributed by atoms with Crippen LogP contribution in [0.4, 0.5) is 33.5 Å². The second-order valence-corrected chi connectivity index (χ2v) is 10.1. The number of anilines is 2. The van der Waals surface area contributed by atoms with Crippen LogP contribution in [0.5, 0.6) is 0 Å². The number of rotatable bonds is 5. The molecule has 0 unspecified atom stereocenters. The van der Waals surface area contributed by atoms with Crippen LogP contribution in [0.15, 0.2) is 42.7 Å². The average Bonchev–Trinajstić information content (AvgIpc) is 2.91. The van der Waals surface area contributed by atoms with Gasteiger partial charge in [-0.25, -0.2) is 26.9 Å². The fraction of sp³-hybridized carbons (Fsp3) is 0.393. The Morgan fingerprint density at radius 1 is 0.949 bits per heavy atom. The van der Waals surface area contributed by atoms with Crippen molar-refractivity contribution in [2.45, 2.75) is 37.5 Å². The Balaban J connectivity index is 1.49. The van der Waals surface area contributed by atoms with Crippen molar-refractivity contribution in [2.24, 2.45) is 0 Å². The molecule has 0 spiro atoms. The van der Waals surface area contributed by atoms with Crippen LogP contribution in [0.1, 0.15) is 47.7 Å². The number of benzene rings is 1. The minimum Gasteiger partial charge on any atom is -0.352 e. The molecule has 0 atom stereocenters. The zero-order valence-electron chi connectivity index (χ0n) is 21.4. The number of pyridine rings is 2. The van der Waals surface area contributed by atoms with Gasteiger partial charge in [0.15, 0.2) is 11.6 Å². The first-order chi connectivity index (χ1) is 18.6. The normalized spacial score (nSPS) is 18.3. The summed E-state index contributed by atoms with van der Waals surface area (Å²) in [4.78, 5) is 25.8. The van der Waals surface area contributed by atoms with E-state index in [0.717, 1.165) is 37.4 Å². The van der Waals surface area contributed by atoms with Crippen molar-refractivity contribution in [1.29, 1.82) is 0 Å². The topological polar surface area (TPSA) is 61.4 Å². The lowest BCUT2D eigenvalue weighted by molar-refractivity contribution is -0.0384. The number of halogens is 5. The number of carbonyl (C=O) groups excluding carboxylic acids is 1. The summed E-state index contributed by atoms with van der Waals surface area (Å²) in [6.07, 6.45) is 2.14. The van der Waals surface area contributed by atoms with Gasteiger partial charge in [-0.1, -0.05) is 0 Å². The van der Waals surface area contributed by atoms with Crippen LogP contribution in [0.3, 0.4) is 0 Å². The second kappa shape index (κ2) is 10.9. The molecule has 6 nitrogen and oxygen atoms in total. The van der Waals surface area contributed by atoms with Gasteiger partial charge in [-0.15, -0.1) is 0 Å². The van der Waals surface area contributed by atoms with Crippen molar-refractivity contribution < 1.29 is 26.7 Å². The Labute approximate surface area is 222 Å². The number of hydrogen-bond acceptors (Lipinski definition) is 5. The highest BCUT2D eigenvalue weighted by Gasteiger charge is 2.37. The lowest BCUT2D eigenvalue weighted by atomic mass is 9.83. The third kappa shape index (κ3) is 5.88. The van der Waals surface area contributed by atoms with Crippen molar-refractivity contribution in [2.75, 3.05) is 43.4 Å². The number of nitrogens with one attached hydrogen (secondary N) is 1. The number of hydrogen-bond donors (Lipinski definition) is 1. The van der Waals surface area contributed by atoms with Gasteiger partial charge >= 0.3 is 0 Å². The molecule has 5 rings (SSSR count). The van der Waals surface area contributed by atoms with E-state index in [9.17, 15) is 22.4 Å². The standard InChI is InChI=1S/C28H28F5N5O/c1-37-10-12-38(13-11-37)26-23(31)14-18(16-35-26)27(39)36-25-20(21-15-19(29)2-3-22(21)30)6-9-34-24(25)17-4-7-28(32,33)8-5-17/h2-3,6,9,14-17H,4-5,7-8,10-13H2,1H3,(H,36,39). The summed E-state index contributed by atoms with van der Waals surface area (Å²) in [6.45, 7) is 2.68. The lowest BCUT2D eigenvalue weighted by Crippen LogP contribution is -2.45. The molecule has 1 saturated heterocycles. The fourth-order valence-electron chi connectivity index (χ4n) is 5.15. The molecule has 2 aliphatic rings. The molecule has 3 aromatic rings. The molecule has 206 valence electrons. The fourth-order valence-corrected chi connectivity index (χ4v) is 5.15. The summed E-state index contributed by atoms with van der Waals surface area (Å²) >= 11 is 0. The van der Waals surface area contributed by atoms with Crippen LogP contribution >= 0.6 is 0 Å². The molecule has 1 N–H and O–H groups in total. The molecule has 3 heterocycles. The minimum atomic E-state index is -2.79. The van der Waals surface area contributed by atoms with Crippen LogP contribution in [0.25, 0.3) is 11.1 Å². The molecule has 2 fully saturated rings. The maximum absolute atomic E-state index is 15.0. The van der Waals surface area contributed by atoms with E-state index in [-0.39, 0.29) is 53.9 Å². The van der Waals surface area contributed by atoms with Gasteiger partial charge in [0.1, 0.15) is 11.6 Å². The van der Waals surface area contributed by atoms with Gasteiger partial charge < -0.3 is 15.1 Å². The third-order valence-electron chi connectivity index (χ3n) is 7.43. The monoisotopic (exact) mass is 545 g/mol. The minimum absolute atomic E-state index is 0.0748. The van der Waals surface area contributed by atoms with Gasteiger partial charge in [0.05, 0.1) is 16.9 Å². The van der Waals surface area contributed by atoms with Crippen LogP contribution in [0.2, 0.25) is 0 Å². The molecule has 11 heteroatoms. The first kappa shape index (κ1) is 27.0. The van der Waals surface area contributed by atoms with Crippen molar-refractivity contribution in [3.8, 4) is 11.1 Å². The molecule has 1 aromatic carbocycles. The van der Waals surface area contributed by atoms with E-state index in [4.69, 9.17) is 0 Å². The zero-order valence-corrected chi connectivity index (χ0v) is 21.4. The SMILES string of the molecule is CN1CCN(c2ncc(C(=O)Nc3c(-c4cc(F)ccc4F)ccnc3C3CCC(F)(F)CC3)cc2F)CC1. The maximum Gasteiger partial charge on any atom is 0.257 e. The molecule has 1 saturated carbocycles. The number of alkyl halides is 2. The Kier molecular flexibility index (Phi) is 7.53. The van der Waals surface area contributed by atoms with E-state index in [1.54, 1.807) is 4.90 Å². The summed E-state index contributed by atoms with van der Waals surface area (Å²) in [7, 11) is 1.98. The van der Waals surface area contributed by atoms with E-state index in [0.29, 0.717) is 18.8 Å². The lowest BCUT2D eigenvalue weighted by Gasteiger charge is -2.33. The van der Waals surface area contributed by atoms with Gasteiger partial charge in [-0.3, -0.25) is 9.78 Å². The van der Waals surface area contributed by atoms with Crippen LogP contribution in [-0.2, 0) is 0 Å². The van der Waals surface area contributed by atoms with Gasteiger partial charge in [-0.2, -0.15) is 0 Å². The van der Waals surface area contributed by atoms with Crippen LogP contribution < -0.4 is 10.2 Å². The summed E-state index contributed by atoms with van der Waals surface area (Å²) in [5, 5.41) is 2.69. The van der Waals surface area contributed by atoms with Crippen molar-refractivity contribution >= 4 is 17.4 Å². The van der Waals surface area contributed by atoms with Gasteiger partial charge in [0, 0.05) is 68.5 Å². The Hall–Kier alpha value is -3.60. The van der Waals surface area contributed by atoms with E-state index < -0.39 is 35.2 Å². The Morgan fingerprint density at radius 2 is 1.67 bits per heavy atom. The molecule has 2 aromatic heterocycles. The number of piperazine rings is 1. The predicted molar refractivity (Wildman–Crippen MR) is 138 cm³/mol.